The Kier molecular flexibility index (Phi) is 8.44. The lowest BCUT2D eigenvalue weighted by molar-refractivity contribution is -0.0867. The smallest absolute Gasteiger partial charge is 0.326 e. The molecule has 4 rings (SSSR count). The lowest BCUT2D eigenvalue weighted by atomic mass is 9.90. The summed E-state index contributed by atoms with van der Waals surface area (Å²) in [5.41, 5.74) is -2.90. The van der Waals surface area contributed by atoms with Crippen LogP contribution in [-0.4, -0.2) is 100.0 Å². The molecule has 0 unspecified atom stereocenters. The van der Waals surface area contributed by atoms with E-state index in [1.165, 1.54) is 24.7 Å². The number of hydrogen-bond acceptors (Lipinski definition) is 12. The summed E-state index contributed by atoms with van der Waals surface area (Å²) < 4.78 is 12.1. The van der Waals surface area contributed by atoms with Crippen molar-refractivity contribution in [3.63, 3.8) is 0 Å². The van der Waals surface area contributed by atoms with Crippen LogP contribution >= 0.6 is 12.2 Å². The molecule has 36 heavy (non-hydrogen) atoms. The molecule has 2 aliphatic rings. The van der Waals surface area contributed by atoms with E-state index < -0.39 is 72.8 Å². The van der Waals surface area contributed by atoms with Gasteiger partial charge in [0.2, 0.25) is 0 Å². The van der Waals surface area contributed by atoms with E-state index in [-0.39, 0.29) is 15.9 Å². The Bertz CT molecular complexity index is 1310. The first-order valence-electron chi connectivity index (χ1n) is 10.7. The van der Waals surface area contributed by atoms with Crippen LogP contribution in [-0.2, 0) is 22.1 Å². The normalized spacial score (nSPS) is 33.8. The van der Waals surface area contributed by atoms with E-state index in [0.29, 0.717) is 5.56 Å². The van der Waals surface area contributed by atoms with Gasteiger partial charge >= 0.3 is 11.4 Å². The summed E-state index contributed by atoms with van der Waals surface area (Å²) in [7, 11) is 1.53. The van der Waals surface area contributed by atoms with E-state index in [1.807, 2.05) is 4.98 Å². The molecule has 0 saturated carbocycles. The van der Waals surface area contributed by atoms with Crippen LogP contribution in [0.4, 0.5) is 0 Å². The first-order chi connectivity index (χ1) is 16.8. The van der Waals surface area contributed by atoms with E-state index in [0.717, 1.165) is 6.20 Å². The number of aromatic nitrogens is 4. The van der Waals surface area contributed by atoms with Crippen molar-refractivity contribution < 1.29 is 40.1 Å². The molecule has 8 atom stereocenters. The lowest BCUT2D eigenvalue weighted by Crippen LogP contribution is -2.43. The van der Waals surface area contributed by atoms with Gasteiger partial charge in [-0.1, -0.05) is 12.2 Å². The molecule has 16 heteroatoms. The highest BCUT2D eigenvalue weighted by Crippen LogP contribution is 2.37. The minimum absolute atomic E-state index is 0.0235. The summed E-state index contributed by atoms with van der Waals surface area (Å²) in [5.74, 6) is 0. The van der Waals surface area contributed by atoms with Crippen molar-refractivity contribution >= 4 is 12.2 Å². The Morgan fingerprint density at radius 2 is 1.67 bits per heavy atom. The van der Waals surface area contributed by atoms with E-state index in [1.54, 1.807) is 0 Å². The van der Waals surface area contributed by atoms with Crippen molar-refractivity contribution in [1.29, 1.82) is 0 Å². The van der Waals surface area contributed by atoms with Gasteiger partial charge in [0, 0.05) is 25.0 Å². The molecule has 0 radical (unpaired) electrons. The number of aromatic amines is 3. The fraction of sp³-hybridized carbons (Fsp3) is 0.600. The fourth-order valence-corrected chi connectivity index (χ4v) is 4.33. The van der Waals surface area contributed by atoms with Crippen LogP contribution in [0.15, 0.2) is 26.8 Å². The first-order valence-corrected chi connectivity index (χ1v) is 11.2. The Balaban J connectivity index is 0.000000201. The van der Waals surface area contributed by atoms with Gasteiger partial charge in [-0.15, -0.1) is 0 Å². The second kappa shape index (κ2) is 10.8. The van der Waals surface area contributed by atoms with Gasteiger partial charge < -0.3 is 49.7 Å². The number of aliphatic hydroxyl groups excluding tert-OH is 6. The van der Waals surface area contributed by atoms with Crippen molar-refractivity contribution in [3.8, 4) is 0 Å². The van der Waals surface area contributed by atoms with Gasteiger partial charge in [0.05, 0.1) is 18.8 Å². The van der Waals surface area contributed by atoms with E-state index in [4.69, 9.17) is 31.9 Å². The number of nitrogens with one attached hydrogen (secondary N) is 3. The molecule has 200 valence electrons. The monoisotopic (exact) mass is 532 g/mol. The van der Waals surface area contributed by atoms with Gasteiger partial charge in [-0.25, -0.2) is 9.59 Å². The molecule has 0 aromatic carbocycles. The van der Waals surface area contributed by atoms with Crippen LogP contribution in [0, 0.1) is 4.64 Å². The van der Waals surface area contributed by atoms with Gasteiger partial charge in [0.15, 0.2) is 0 Å². The maximum Gasteiger partial charge on any atom is 0.326 e. The Hall–Kier alpha value is -2.54. The number of aliphatic hydroxyl groups is 6. The van der Waals surface area contributed by atoms with Gasteiger partial charge in [0.25, 0.3) is 5.56 Å². The van der Waals surface area contributed by atoms with Crippen LogP contribution in [0.3, 0.4) is 0 Å². The maximum atomic E-state index is 11.7. The number of ether oxygens (including phenoxy) is 2. The van der Waals surface area contributed by atoms with Crippen molar-refractivity contribution in [2.75, 3.05) is 13.2 Å². The third-order valence-electron chi connectivity index (χ3n) is 6.18. The topological polar surface area (TPSA) is 243 Å². The third-order valence-corrected chi connectivity index (χ3v) is 6.52. The van der Waals surface area contributed by atoms with Gasteiger partial charge in [-0.05, 0) is 6.92 Å². The summed E-state index contributed by atoms with van der Waals surface area (Å²) in [6, 6.07) is 0. The molecule has 15 nitrogen and oxygen atoms in total. The summed E-state index contributed by atoms with van der Waals surface area (Å²) in [6.07, 6.45) is -5.24. The molecule has 9 N–H and O–H groups in total. The summed E-state index contributed by atoms with van der Waals surface area (Å²) in [5, 5.41) is 57.1. The highest BCUT2D eigenvalue weighted by molar-refractivity contribution is 7.71. The molecule has 2 aliphatic heterocycles. The van der Waals surface area contributed by atoms with Crippen LogP contribution in [0.25, 0.3) is 0 Å². The molecule has 2 fully saturated rings. The molecule has 0 aliphatic carbocycles. The average Bonchev–Trinajstić information content (AvgIpc) is 3.24. The van der Waals surface area contributed by atoms with Crippen molar-refractivity contribution in [3.05, 3.63) is 59.5 Å². The van der Waals surface area contributed by atoms with Crippen LogP contribution < -0.4 is 16.9 Å². The summed E-state index contributed by atoms with van der Waals surface area (Å²) in [6.45, 7) is 0.505. The van der Waals surface area contributed by atoms with Crippen molar-refractivity contribution in [1.82, 2.24) is 19.5 Å². The minimum atomic E-state index is -1.50. The highest BCUT2D eigenvalue weighted by Gasteiger charge is 2.53. The molecule has 4 heterocycles. The van der Waals surface area contributed by atoms with E-state index >= 15 is 0 Å². The molecular formula is C20H28N4O11S. The largest absolute Gasteiger partial charge is 0.394 e. The van der Waals surface area contributed by atoms with Crippen LogP contribution in [0.2, 0.25) is 0 Å². The second-order valence-corrected chi connectivity index (χ2v) is 8.99. The van der Waals surface area contributed by atoms with Crippen molar-refractivity contribution in [2.45, 2.75) is 55.3 Å². The van der Waals surface area contributed by atoms with Gasteiger partial charge in [0.1, 0.15) is 53.0 Å². The van der Waals surface area contributed by atoms with Crippen LogP contribution in [0.1, 0.15) is 24.2 Å². The SMILES string of the molecule is C[C@@]1(c2c[nH]c(=O)[nH]c2=O)O[C@H](CO)[C@@H](O)[C@H]1O.Cn1cc([C@@H]2O[C@H](CO)[C@@H](O)[C@H]2O)c(=S)[nH]c1=O. The Morgan fingerprint density at radius 1 is 1.03 bits per heavy atom. The molecule has 0 spiro atoms. The van der Waals surface area contributed by atoms with E-state index in [9.17, 15) is 34.8 Å². The Morgan fingerprint density at radius 3 is 2.19 bits per heavy atom. The number of hydrogen-bond donors (Lipinski definition) is 9. The molecular weight excluding hydrogens is 504 g/mol. The predicted molar refractivity (Wildman–Crippen MR) is 123 cm³/mol. The van der Waals surface area contributed by atoms with Crippen molar-refractivity contribution in [2.24, 2.45) is 7.05 Å². The number of H-pyrrole nitrogens is 3. The second-order valence-electron chi connectivity index (χ2n) is 8.58. The predicted octanol–water partition coefficient (Wildman–Crippen LogP) is -4.01. The molecule has 2 aromatic heterocycles. The zero-order valence-corrected chi connectivity index (χ0v) is 20.0. The maximum absolute atomic E-state index is 11.7. The third kappa shape index (κ3) is 5.13. The zero-order valence-electron chi connectivity index (χ0n) is 19.2. The van der Waals surface area contributed by atoms with Gasteiger partial charge in [-0.3, -0.25) is 14.8 Å². The summed E-state index contributed by atoms with van der Waals surface area (Å²) in [4.78, 5) is 40.6. The molecule has 0 amide bonds. The highest BCUT2D eigenvalue weighted by atomic mass is 32.1. The number of nitrogens with zero attached hydrogens (tertiary/aromatic N) is 1. The lowest BCUT2D eigenvalue weighted by Gasteiger charge is -2.26. The fourth-order valence-electron chi connectivity index (χ4n) is 4.07. The standard InChI is InChI=1S/C10H14N2O6.C10H14N2O5S/c1-10(4-2-11-9(17)12-8(4)16)7(15)6(14)5(3-13)18-10;1-12-2-4(9(18)11-10(12)16)8-7(15)6(14)5(3-13)17-8/h2,5-7,13-15H,3H2,1H3,(H2,11,12,16,17);2,5-8,13-15H,3H2,1H3,(H,11,16,18)/t5-,6-,7-,10+;5-,6-,7-,8+/m11/s1. The van der Waals surface area contributed by atoms with Crippen LogP contribution in [0.5, 0.6) is 0 Å². The zero-order chi connectivity index (χ0) is 26.9. The molecule has 0 bridgehead atoms. The molecule has 2 aromatic rings. The quantitative estimate of drug-likeness (QED) is 0.171. The Labute approximate surface area is 207 Å². The number of rotatable bonds is 4. The molecule has 2 saturated heterocycles. The average molecular weight is 533 g/mol. The number of aryl methyl sites for hydroxylation is 1. The minimum Gasteiger partial charge on any atom is -0.394 e. The summed E-state index contributed by atoms with van der Waals surface area (Å²) >= 11 is 5.00. The van der Waals surface area contributed by atoms with Gasteiger partial charge in [-0.2, -0.15) is 0 Å². The van der Waals surface area contributed by atoms with E-state index in [2.05, 4.69) is 9.97 Å². The first kappa shape index (κ1) is 28.0.